The third-order valence-corrected chi connectivity index (χ3v) is 4.74. The number of pyridine rings is 1. The Morgan fingerprint density at radius 1 is 1.42 bits per heavy atom. The molecule has 4 rings (SSSR count). The zero-order valence-corrected chi connectivity index (χ0v) is 14.3. The van der Waals surface area contributed by atoms with Crippen molar-refractivity contribution in [1.82, 2.24) is 9.38 Å². The van der Waals surface area contributed by atoms with E-state index >= 15 is 0 Å². The number of benzene rings is 1. The smallest absolute Gasteiger partial charge is 0.228 e. The van der Waals surface area contributed by atoms with E-state index in [0.717, 1.165) is 25.1 Å². The Bertz CT molecular complexity index is 1060. The van der Waals surface area contributed by atoms with Gasteiger partial charge in [-0.15, -0.1) is 0 Å². The van der Waals surface area contributed by atoms with Gasteiger partial charge in [0.1, 0.15) is 11.5 Å². The Kier molecular flexibility index (Phi) is 3.88. The summed E-state index contributed by atoms with van der Waals surface area (Å²) in [6.07, 6.45) is 6.27. The molecule has 3 aromatic rings. The summed E-state index contributed by atoms with van der Waals surface area (Å²) in [6.45, 7) is 0. The lowest BCUT2D eigenvalue weighted by molar-refractivity contribution is -0.117. The van der Waals surface area contributed by atoms with Crippen molar-refractivity contribution in [3.05, 3.63) is 47.0 Å². The van der Waals surface area contributed by atoms with Crippen LogP contribution in [0.3, 0.4) is 0 Å². The molecule has 4 N–H and O–H groups in total. The van der Waals surface area contributed by atoms with Crippen LogP contribution in [-0.2, 0) is 4.79 Å². The molecule has 26 heavy (non-hydrogen) atoms. The van der Waals surface area contributed by atoms with E-state index in [-0.39, 0.29) is 22.5 Å². The second-order valence-corrected chi connectivity index (χ2v) is 6.65. The van der Waals surface area contributed by atoms with Gasteiger partial charge in [-0.05, 0) is 31.0 Å². The number of nitrogens with one attached hydrogen (secondary N) is 2. The maximum absolute atomic E-state index is 14.0. The Balaban J connectivity index is 1.78. The fourth-order valence-corrected chi connectivity index (χ4v) is 3.14. The average molecular weight is 372 g/mol. The molecule has 8 heteroatoms. The van der Waals surface area contributed by atoms with Crippen molar-refractivity contribution < 1.29 is 9.18 Å². The lowest BCUT2D eigenvalue weighted by Crippen LogP contribution is -2.13. The molecule has 6 nitrogen and oxygen atoms in total. The minimum Gasteiger partial charge on any atom is -0.398 e. The molecule has 0 atom stereocenters. The molecule has 1 aromatic carbocycles. The summed E-state index contributed by atoms with van der Waals surface area (Å²) < 4.78 is 15.7. The fourth-order valence-electron chi connectivity index (χ4n) is 2.87. The largest absolute Gasteiger partial charge is 0.398 e. The molecule has 1 saturated carbocycles. The summed E-state index contributed by atoms with van der Waals surface area (Å²) in [7, 11) is 0. The predicted molar refractivity (Wildman–Crippen MR) is 99.2 cm³/mol. The maximum atomic E-state index is 14.0. The molecule has 132 valence electrons. The number of hydrogen-bond donors (Lipinski definition) is 3. The van der Waals surface area contributed by atoms with E-state index in [4.69, 9.17) is 22.7 Å². The zero-order valence-electron chi connectivity index (χ0n) is 13.6. The molecule has 0 saturated heterocycles. The number of nitrogens with zero attached hydrogens (tertiary/aromatic N) is 2. The monoisotopic (exact) mass is 371 g/mol. The van der Waals surface area contributed by atoms with Crippen LogP contribution < -0.4 is 11.1 Å². The first kappa shape index (κ1) is 16.5. The summed E-state index contributed by atoms with van der Waals surface area (Å²) in [5.41, 5.74) is 7.87. The quantitative estimate of drug-likeness (QED) is 0.481. The highest BCUT2D eigenvalue weighted by Gasteiger charge is 2.30. The van der Waals surface area contributed by atoms with Crippen molar-refractivity contribution in [2.24, 2.45) is 5.92 Å². The van der Waals surface area contributed by atoms with E-state index in [1.165, 1.54) is 0 Å². The van der Waals surface area contributed by atoms with Gasteiger partial charge < -0.3 is 20.9 Å². The van der Waals surface area contributed by atoms with Gasteiger partial charge in [0.25, 0.3) is 0 Å². The molecule has 1 fully saturated rings. The Morgan fingerprint density at radius 2 is 2.19 bits per heavy atom. The lowest BCUT2D eigenvalue weighted by atomic mass is 9.99. The number of hydrogen-bond acceptors (Lipinski definition) is 4. The maximum Gasteiger partial charge on any atom is 0.228 e. The SMILES string of the molecule is N=Cc1c(N)cc(F)c(Cl)c1-c1ccc2nc(NC(=O)C3CC3)cn2c1. The number of rotatable bonds is 4. The van der Waals surface area contributed by atoms with Gasteiger partial charge in [-0.3, -0.25) is 4.79 Å². The summed E-state index contributed by atoms with van der Waals surface area (Å²) in [5.74, 6) is -0.135. The highest BCUT2D eigenvalue weighted by Crippen LogP contribution is 2.36. The van der Waals surface area contributed by atoms with Crippen LogP contribution in [0.5, 0.6) is 0 Å². The average Bonchev–Trinajstić information content (AvgIpc) is 3.38. The van der Waals surface area contributed by atoms with Crippen molar-refractivity contribution in [1.29, 1.82) is 5.41 Å². The topological polar surface area (TPSA) is 96.3 Å². The second kappa shape index (κ2) is 6.10. The van der Waals surface area contributed by atoms with E-state index in [1.807, 2.05) is 0 Å². The van der Waals surface area contributed by atoms with Crippen LogP contribution in [-0.4, -0.2) is 21.5 Å². The van der Waals surface area contributed by atoms with E-state index in [2.05, 4.69) is 10.3 Å². The van der Waals surface area contributed by atoms with Crippen molar-refractivity contribution in [3.63, 3.8) is 0 Å². The number of amides is 1. The number of halogens is 2. The van der Waals surface area contributed by atoms with Crippen molar-refractivity contribution in [2.45, 2.75) is 12.8 Å². The third-order valence-electron chi connectivity index (χ3n) is 4.38. The van der Waals surface area contributed by atoms with Crippen molar-refractivity contribution in [2.75, 3.05) is 11.1 Å². The van der Waals surface area contributed by atoms with Gasteiger partial charge in [0.05, 0.1) is 11.2 Å². The standard InChI is InChI=1S/C18H15ClFN5O/c19-17-12(20)5-13(22)11(6-21)16(17)10-3-4-15-23-14(8-25(15)7-10)24-18(26)9-1-2-9/h3-9,21H,1-2,22H2,(H,24,26). The first-order chi connectivity index (χ1) is 12.5. The van der Waals surface area contributed by atoms with Gasteiger partial charge in [-0.2, -0.15) is 0 Å². The number of nitrogens with two attached hydrogens (primary N) is 1. The Labute approximate surface area is 153 Å². The minimum absolute atomic E-state index is 0.0272. The van der Waals surface area contributed by atoms with Gasteiger partial charge in [0, 0.05) is 40.7 Å². The summed E-state index contributed by atoms with van der Waals surface area (Å²) >= 11 is 6.13. The van der Waals surface area contributed by atoms with Gasteiger partial charge in [-0.1, -0.05) is 11.6 Å². The Hall–Kier alpha value is -2.93. The number of carbonyl (C=O) groups excluding carboxylic acids is 1. The normalized spacial score (nSPS) is 13.8. The number of fused-ring (bicyclic) bond motifs is 1. The van der Waals surface area contributed by atoms with E-state index in [9.17, 15) is 9.18 Å². The molecule has 1 aliphatic carbocycles. The van der Waals surface area contributed by atoms with Gasteiger partial charge in [-0.25, -0.2) is 9.37 Å². The van der Waals surface area contributed by atoms with Crippen LogP contribution >= 0.6 is 11.6 Å². The second-order valence-electron chi connectivity index (χ2n) is 6.27. The Morgan fingerprint density at radius 3 is 2.88 bits per heavy atom. The number of imidazole rings is 1. The van der Waals surface area contributed by atoms with Gasteiger partial charge in [0.2, 0.25) is 5.91 Å². The molecule has 0 unspecified atom stereocenters. The molecule has 0 spiro atoms. The molecule has 2 aromatic heterocycles. The molecular formula is C18H15ClFN5O. The summed E-state index contributed by atoms with van der Waals surface area (Å²) in [6, 6.07) is 4.56. The van der Waals surface area contributed by atoms with Gasteiger partial charge in [0.15, 0.2) is 5.82 Å². The molecule has 2 heterocycles. The summed E-state index contributed by atoms with van der Waals surface area (Å²) in [4.78, 5) is 16.2. The van der Waals surface area contributed by atoms with Crippen LogP contribution in [0.15, 0.2) is 30.6 Å². The van der Waals surface area contributed by atoms with E-state index in [0.29, 0.717) is 28.2 Å². The molecule has 1 amide bonds. The van der Waals surface area contributed by atoms with Gasteiger partial charge >= 0.3 is 0 Å². The third kappa shape index (κ3) is 2.80. The minimum atomic E-state index is -0.645. The van der Waals surface area contributed by atoms with E-state index < -0.39 is 5.82 Å². The molecule has 0 aliphatic heterocycles. The fraction of sp³-hybridized carbons (Fsp3) is 0.167. The first-order valence-corrected chi connectivity index (χ1v) is 8.43. The van der Waals surface area contributed by atoms with Crippen LogP contribution in [0.1, 0.15) is 18.4 Å². The van der Waals surface area contributed by atoms with Crippen LogP contribution in [0.25, 0.3) is 16.8 Å². The summed E-state index contributed by atoms with van der Waals surface area (Å²) in [5, 5.41) is 10.3. The first-order valence-electron chi connectivity index (χ1n) is 8.06. The number of aromatic nitrogens is 2. The highest BCUT2D eigenvalue weighted by atomic mass is 35.5. The van der Waals surface area contributed by atoms with Crippen LogP contribution in [0.2, 0.25) is 5.02 Å². The van der Waals surface area contributed by atoms with E-state index in [1.54, 1.807) is 28.9 Å². The van der Waals surface area contributed by atoms with Crippen LogP contribution in [0, 0.1) is 17.1 Å². The lowest BCUT2D eigenvalue weighted by Gasteiger charge is -2.12. The van der Waals surface area contributed by atoms with Crippen molar-refractivity contribution >= 4 is 40.9 Å². The number of carbonyl (C=O) groups is 1. The molecular weight excluding hydrogens is 357 g/mol. The molecule has 0 bridgehead atoms. The number of nitrogen functional groups attached to an aromatic ring is 1. The van der Waals surface area contributed by atoms with Crippen molar-refractivity contribution in [3.8, 4) is 11.1 Å². The predicted octanol–water partition coefficient (Wildman–Crippen LogP) is 3.72. The zero-order chi connectivity index (χ0) is 18.4. The molecule has 1 aliphatic rings. The van der Waals surface area contributed by atoms with Crippen LogP contribution in [0.4, 0.5) is 15.9 Å². The highest BCUT2D eigenvalue weighted by molar-refractivity contribution is 6.34. The number of anilines is 2. The molecule has 0 radical (unpaired) electrons.